The van der Waals surface area contributed by atoms with E-state index in [1.54, 1.807) is 37.3 Å². The summed E-state index contributed by atoms with van der Waals surface area (Å²) < 4.78 is 50.8. The first-order valence-electron chi connectivity index (χ1n) is 16.4. The molecule has 1 saturated carbocycles. The van der Waals surface area contributed by atoms with Gasteiger partial charge in [0.05, 0.1) is 30.7 Å². The highest BCUT2D eigenvalue weighted by Crippen LogP contribution is 2.39. The first-order valence-corrected chi connectivity index (χ1v) is 17.1. The van der Waals surface area contributed by atoms with Crippen LogP contribution in [0.25, 0.3) is 10.9 Å². The molecule has 1 aromatic heterocycles. The van der Waals surface area contributed by atoms with Crippen molar-refractivity contribution in [1.29, 1.82) is 0 Å². The maximum atomic E-state index is 13.8. The zero-order valence-corrected chi connectivity index (χ0v) is 29.1. The van der Waals surface area contributed by atoms with Crippen LogP contribution in [-0.2, 0) is 27.4 Å². The van der Waals surface area contributed by atoms with Gasteiger partial charge in [-0.2, -0.15) is 8.78 Å². The molecular weight excluding hydrogens is 695 g/mol. The number of carbonyl (C=O) groups is 1. The molecule has 14 heteroatoms. The van der Waals surface area contributed by atoms with Crippen molar-refractivity contribution in [2.75, 3.05) is 39.5 Å². The molecule has 2 fully saturated rings. The number of ether oxygens (including phenoxy) is 4. The van der Waals surface area contributed by atoms with Crippen LogP contribution in [0.1, 0.15) is 37.9 Å². The topological polar surface area (TPSA) is 101 Å². The molecule has 50 heavy (non-hydrogen) atoms. The highest BCUT2D eigenvalue weighted by molar-refractivity contribution is 6.36. The Morgan fingerprint density at radius 3 is 2.48 bits per heavy atom. The van der Waals surface area contributed by atoms with Crippen LogP contribution >= 0.6 is 23.2 Å². The molecule has 0 amide bonds. The molecule has 0 N–H and O–H groups in total. The lowest BCUT2D eigenvalue weighted by Gasteiger charge is -2.27. The van der Waals surface area contributed by atoms with E-state index in [1.165, 1.54) is 28.8 Å². The van der Waals surface area contributed by atoms with Crippen LogP contribution in [0.5, 0.6) is 11.5 Å². The number of hydrogen-bond acceptors (Lipinski definition) is 8. The number of nitrogens with zero attached hydrogens (tertiary/aromatic N) is 3. The smallest absolute Gasteiger partial charge is 0.387 e. The number of carbonyl (C=O) groups excluding carboxylic acids is 1. The minimum Gasteiger partial charge on any atom is -0.489 e. The number of rotatable bonds is 16. The molecule has 1 aliphatic heterocycles. The monoisotopic (exact) mass is 733 g/mol. The van der Waals surface area contributed by atoms with Gasteiger partial charge in [0.2, 0.25) is 0 Å². The molecule has 1 aliphatic carbocycles. The van der Waals surface area contributed by atoms with E-state index >= 15 is 0 Å². The summed E-state index contributed by atoms with van der Waals surface area (Å²) >= 11 is 13.0. The first-order chi connectivity index (χ1) is 24.1. The molecule has 5 rings (SSSR count). The number of aromatic nitrogens is 2. The van der Waals surface area contributed by atoms with E-state index in [4.69, 9.17) is 42.1 Å². The van der Waals surface area contributed by atoms with E-state index in [2.05, 4.69) is 11.5 Å². The van der Waals surface area contributed by atoms with Gasteiger partial charge in [0, 0.05) is 42.7 Å². The number of para-hydroxylation sites is 1. The van der Waals surface area contributed by atoms with Crippen LogP contribution in [0.4, 0.5) is 8.78 Å². The molecule has 0 bridgehead atoms. The minimum absolute atomic E-state index is 0.0436. The number of esters is 1. The summed E-state index contributed by atoms with van der Waals surface area (Å²) in [6.45, 7) is 5.36. The zero-order chi connectivity index (χ0) is 35.8. The molecule has 0 radical (unpaired) electrons. The molecular formula is C36H39Cl2F2N3O7. The number of halogens is 4. The van der Waals surface area contributed by atoms with Gasteiger partial charge in [-0.3, -0.25) is 19.1 Å². The Morgan fingerprint density at radius 2 is 1.80 bits per heavy atom. The van der Waals surface area contributed by atoms with Gasteiger partial charge in [-0.25, -0.2) is 9.36 Å². The van der Waals surface area contributed by atoms with Crippen molar-refractivity contribution >= 4 is 40.1 Å². The van der Waals surface area contributed by atoms with Gasteiger partial charge >= 0.3 is 18.3 Å². The summed E-state index contributed by atoms with van der Waals surface area (Å²) in [4.78, 5) is 43.3. The quantitative estimate of drug-likeness (QED) is 0.124. The van der Waals surface area contributed by atoms with Gasteiger partial charge in [-0.1, -0.05) is 60.1 Å². The highest BCUT2D eigenvalue weighted by Gasteiger charge is 2.27. The predicted octanol–water partition coefficient (Wildman–Crippen LogP) is 6.38. The van der Waals surface area contributed by atoms with Gasteiger partial charge in [0.25, 0.3) is 5.56 Å². The molecule has 1 atom stereocenters. The SMILES string of the molecule is C=C/C(Cl)=C(C[C@H](OC(=O)Cn1c(=O)c2ccccc2n(CCN2CCOCC2)c1=O)c1ccc(OC(F)F)c(OCC2CC2)c1)\C(Cl)=C/C. The van der Waals surface area contributed by atoms with Crippen molar-refractivity contribution in [3.8, 4) is 11.5 Å². The number of hydrogen-bond donors (Lipinski definition) is 0. The van der Waals surface area contributed by atoms with Crippen molar-refractivity contribution in [2.45, 2.75) is 52.0 Å². The zero-order valence-electron chi connectivity index (χ0n) is 27.6. The second kappa shape index (κ2) is 17.3. The molecule has 2 heterocycles. The van der Waals surface area contributed by atoms with E-state index in [0.29, 0.717) is 62.0 Å². The fourth-order valence-electron chi connectivity index (χ4n) is 5.66. The lowest BCUT2D eigenvalue weighted by Crippen LogP contribution is -2.44. The van der Waals surface area contributed by atoms with E-state index in [-0.39, 0.29) is 39.9 Å². The standard InChI is InChI=1S/C36H39Cl2F2N3O7/c1-3-27(37)26(28(38)4-2)20-31(24-11-12-30(50-35(39)40)32(19-24)48-22-23-9-10-23)49-33(44)21-43-34(45)25-7-5-6-8-29(25)42(36(43)46)14-13-41-15-17-47-18-16-41/h3-8,11-12,19,23,31,35H,1,9-10,13-18,20-22H2,2H3/b27-26+,28-4+/t31-/m0/s1. The molecule has 268 valence electrons. The third kappa shape index (κ3) is 9.42. The van der Waals surface area contributed by atoms with E-state index in [9.17, 15) is 23.2 Å². The fraction of sp³-hybridized carbons (Fsp3) is 0.417. The fourth-order valence-corrected chi connectivity index (χ4v) is 6.07. The highest BCUT2D eigenvalue weighted by atomic mass is 35.5. The van der Waals surface area contributed by atoms with Crippen LogP contribution in [0.2, 0.25) is 0 Å². The Hall–Kier alpha value is -3.97. The van der Waals surface area contributed by atoms with Crippen molar-refractivity contribution in [2.24, 2.45) is 5.92 Å². The van der Waals surface area contributed by atoms with Crippen molar-refractivity contribution in [3.63, 3.8) is 0 Å². The van der Waals surface area contributed by atoms with Gasteiger partial charge in [0.15, 0.2) is 11.5 Å². The average molecular weight is 735 g/mol. The van der Waals surface area contributed by atoms with E-state index in [0.717, 1.165) is 17.4 Å². The van der Waals surface area contributed by atoms with E-state index in [1.807, 2.05) is 0 Å². The number of benzene rings is 2. The molecule has 3 aromatic rings. The number of morpholine rings is 1. The van der Waals surface area contributed by atoms with Gasteiger partial charge in [-0.05, 0) is 61.1 Å². The molecule has 2 aromatic carbocycles. The van der Waals surface area contributed by atoms with Crippen LogP contribution in [-0.4, -0.2) is 66.1 Å². The first kappa shape index (κ1) is 37.3. The van der Waals surface area contributed by atoms with Gasteiger partial charge in [0.1, 0.15) is 12.6 Å². The average Bonchev–Trinajstić information content (AvgIpc) is 3.95. The second-order valence-corrected chi connectivity index (χ2v) is 12.8. The minimum atomic E-state index is -3.09. The molecule has 10 nitrogen and oxygen atoms in total. The lowest BCUT2D eigenvalue weighted by atomic mass is 9.99. The van der Waals surface area contributed by atoms with Crippen LogP contribution in [0, 0.1) is 5.92 Å². The van der Waals surface area contributed by atoms with Gasteiger partial charge < -0.3 is 18.9 Å². The second-order valence-electron chi connectivity index (χ2n) is 12.0. The Labute approximate surface area is 298 Å². The number of alkyl halides is 2. The molecule has 2 aliphatic rings. The predicted molar refractivity (Wildman–Crippen MR) is 187 cm³/mol. The largest absolute Gasteiger partial charge is 0.489 e. The van der Waals surface area contributed by atoms with E-state index < -0.39 is 36.5 Å². The lowest BCUT2D eigenvalue weighted by molar-refractivity contribution is -0.150. The van der Waals surface area contributed by atoms with Gasteiger partial charge in [-0.15, -0.1) is 0 Å². The summed E-state index contributed by atoms with van der Waals surface area (Å²) in [5.74, 6) is -0.731. The third-order valence-corrected chi connectivity index (χ3v) is 9.39. The summed E-state index contributed by atoms with van der Waals surface area (Å²) in [5.41, 5.74) is -0.0976. The molecule has 0 spiro atoms. The summed E-state index contributed by atoms with van der Waals surface area (Å²) in [6, 6.07) is 11.0. The summed E-state index contributed by atoms with van der Waals surface area (Å²) in [7, 11) is 0. The number of fused-ring (bicyclic) bond motifs is 1. The Balaban J connectivity index is 1.49. The molecule has 1 saturated heterocycles. The Bertz CT molecular complexity index is 1880. The Morgan fingerprint density at radius 1 is 1.06 bits per heavy atom. The maximum Gasteiger partial charge on any atom is 0.387 e. The van der Waals surface area contributed by atoms with Crippen LogP contribution in [0.3, 0.4) is 0 Å². The molecule has 0 unspecified atom stereocenters. The van der Waals surface area contributed by atoms with Crippen molar-refractivity contribution in [1.82, 2.24) is 14.0 Å². The normalized spacial score (nSPS) is 16.6. The maximum absolute atomic E-state index is 13.8. The number of allylic oxidation sites excluding steroid dienone is 4. The third-order valence-electron chi connectivity index (χ3n) is 8.56. The summed E-state index contributed by atoms with van der Waals surface area (Å²) in [5, 5.41) is 0.743. The summed E-state index contributed by atoms with van der Waals surface area (Å²) in [6.07, 6.45) is 3.75. The van der Waals surface area contributed by atoms with Crippen molar-refractivity contribution < 1.29 is 32.5 Å². The Kier molecular flexibility index (Phi) is 12.9. The van der Waals surface area contributed by atoms with Crippen LogP contribution in [0.15, 0.2) is 86.4 Å². The van der Waals surface area contributed by atoms with Crippen molar-refractivity contribution in [3.05, 3.63) is 103 Å². The van der Waals surface area contributed by atoms with Crippen LogP contribution < -0.4 is 20.7 Å².